The number of H-pyrrole nitrogens is 1. The normalized spacial score (nSPS) is 12.9. The van der Waals surface area contributed by atoms with Gasteiger partial charge in [-0.1, -0.05) is 20.8 Å². The van der Waals surface area contributed by atoms with Crippen LogP contribution < -0.4 is 5.46 Å². The zero-order chi connectivity index (χ0) is 10.8. The van der Waals surface area contributed by atoms with Crippen LogP contribution in [0.5, 0.6) is 0 Å². The van der Waals surface area contributed by atoms with Gasteiger partial charge in [0.1, 0.15) is 0 Å². The van der Waals surface area contributed by atoms with Crippen molar-refractivity contribution in [1.29, 1.82) is 0 Å². The van der Waals surface area contributed by atoms with Crippen molar-refractivity contribution in [1.82, 2.24) is 10.2 Å². The first-order valence-corrected chi connectivity index (χ1v) is 4.94. The molecule has 0 aliphatic rings. The van der Waals surface area contributed by atoms with Crippen LogP contribution in [0, 0.1) is 5.41 Å². The average Bonchev–Trinajstić information content (AvgIpc) is 2.50. The van der Waals surface area contributed by atoms with E-state index < -0.39 is 0 Å². The summed E-state index contributed by atoms with van der Waals surface area (Å²) in [4.78, 5) is 0. The summed E-state index contributed by atoms with van der Waals surface area (Å²) in [6.45, 7) is 10.8. The van der Waals surface area contributed by atoms with E-state index in [9.17, 15) is 0 Å². The first-order chi connectivity index (χ1) is 6.33. The third kappa shape index (κ3) is 2.61. The fraction of sp³-hybridized carbons (Fsp3) is 0.700. The van der Waals surface area contributed by atoms with Gasteiger partial charge in [-0.25, -0.2) is 0 Å². The Hall–Kier alpha value is -0.765. The number of aromatic nitrogens is 2. The van der Waals surface area contributed by atoms with Gasteiger partial charge in [-0.2, -0.15) is 5.10 Å². The van der Waals surface area contributed by atoms with Crippen molar-refractivity contribution in [3.8, 4) is 0 Å². The first-order valence-electron chi connectivity index (χ1n) is 4.94. The minimum absolute atomic E-state index is 0.135. The molecule has 0 spiro atoms. The minimum Gasteiger partial charge on any atom is -0.429 e. The molecule has 1 rings (SSSR count). The summed E-state index contributed by atoms with van der Waals surface area (Å²) >= 11 is 0. The van der Waals surface area contributed by atoms with Gasteiger partial charge >= 0.3 is 7.48 Å². The number of hydrogen-bond donors (Lipinski definition) is 1. The van der Waals surface area contributed by atoms with Crippen LogP contribution in [-0.4, -0.2) is 23.3 Å². The molecule has 1 heterocycles. The molecule has 14 heavy (non-hydrogen) atoms. The van der Waals surface area contributed by atoms with Gasteiger partial charge in [-0.05, 0) is 24.7 Å². The lowest BCUT2D eigenvalue weighted by Crippen LogP contribution is -2.42. The van der Waals surface area contributed by atoms with Gasteiger partial charge in [0.2, 0.25) is 0 Å². The van der Waals surface area contributed by atoms with Crippen LogP contribution >= 0.6 is 0 Å². The Labute approximate surface area is 86.5 Å². The molecule has 78 valence electrons. The van der Waals surface area contributed by atoms with Gasteiger partial charge in [0.25, 0.3) is 0 Å². The lowest BCUT2D eigenvalue weighted by atomic mass is 9.77. The van der Waals surface area contributed by atoms with Crippen LogP contribution in [0.2, 0.25) is 0 Å². The highest BCUT2D eigenvalue weighted by molar-refractivity contribution is 6.46. The molecule has 0 saturated carbocycles. The van der Waals surface area contributed by atoms with Gasteiger partial charge < -0.3 is 4.65 Å². The predicted octanol–water partition coefficient (Wildman–Crippen LogP) is 1.23. The van der Waals surface area contributed by atoms with Crippen LogP contribution in [0.3, 0.4) is 0 Å². The van der Waals surface area contributed by atoms with E-state index in [2.05, 4.69) is 44.8 Å². The van der Waals surface area contributed by atoms with Crippen molar-refractivity contribution >= 4 is 12.9 Å². The Morgan fingerprint density at radius 2 is 1.93 bits per heavy atom. The summed E-state index contributed by atoms with van der Waals surface area (Å²) in [6.07, 6.45) is 3.65. The molecule has 0 fully saturated rings. The molecule has 1 aromatic heterocycles. The Balaban J connectivity index is 2.53. The number of aromatic amines is 1. The second kappa shape index (κ2) is 3.77. The quantitative estimate of drug-likeness (QED) is 0.734. The maximum Gasteiger partial charge on any atom is 0.312 e. The topological polar surface area (TPSA) is 37.9 Å². The molecule has 0 unspecified atom stereocenters. The Morgan fingerprint density at radius 1 is 1.29 bits per heavy atom. The van der Waals surface area contributed by atoms with E-state index in [0.29, 0.717) is 7.48 Å². The highest BCUT2D eigenvalue weighted by atomic mass is 16.5. The predicted molar refractivity (Wildman–Crippen MR) is 60.0 cm³/mol. The van der Waals surface area contributed by atoms with Crippen molar-refractivity contribution in [3.63, 3.8) is 0 Å². The first kappa shape index (κ1) is 11.3. The second-order valence-corrected chi connectivity index (χ2v) is 5.16. The SMILES string of the molecule is CC(C)(C)C(C)(C)OBc1cn[nH]c1. The van der Waals surface area contributed by atoms with Crippen molar-refractivity contribution < 1.29 is 4.65 Å². The van der Waals surface area contributed by atoms with E-state index in [1.165, 1.54) is 0 Å². The van der Waals surface area contributed by atoms with Crippen LogP contribution in [-0.2, 0) is 4.65 Å². The summed E-state index contributed by atoms with van der Waals surface area (Å²) in [5.41, 5.74) is 1.09. The Kier molecular flexibility index (Phi) is 3.05. The highest BCUT2D eigenvalue weighted by Gasteiger charge is 2.33. The van der Waals surface area contributed by atoms with Crippen molar-refractivity contribution in [3.05, 3.63) is 12.4 Å². The number of hydrogen-bond acceptors (Lipinski definition) is 2. The van der Waals surface area contributed by atoms with Crippen LogP contribution in [0.15, 0.2) is 12.4 Å². The third-order valence-electron chi connectivity index (χ3n) is 2.96. The third-order valence-corrected chi connectivity index (χ3v) is 2.96. The molecule has 0 amide bonds. The van der Waals surface area contributed by atoms with E-state index in [1.54, 1.807) is 6.20 Å². The maximum absolute atomic E-state index is 5.88. The van der Waals surface area contributed by atoms with Crippen LogP contribution in [0.1, 0.15) is 34.6 Å². The largest absolute Gasteiger partial charge is 0.429 e. The molecule has 0 saturated heterocycles. The van der Waals surface area contributed by atoms with Gasteiger partial charge in [-0.15, -0.1) is 0 Å². The number of rotatable bonds is 3. The lowest BCUT2D eigenvalue weighted by molar-refractivity contribution is 0.00504. The summed E-state index contributed by atoms with van der Waals surface area (Å²) in [6, 6.07) is 0. The summed E-state index contributed by atoms with van der Waals surface area (Å²) in [5.74, 6) is 0. The monoisotopic (exact) mass is 194 g/mol. The van der Waals surface area contributed by atoms with Crippen molar-refractivity contribution in [2.45, 2.75) is 40.2 Å². The van der Waals surface area contributed by atoms with Crippen LogP contribution in [0.4, 0.5) is 0 Å². The summed E-state index contributed by atoms with van der Waals surface area (Å²) in [5, 5.41) is 6.65. The Morgan fingerprint density at radius 3 is 2.36 bits per heavy atom. The van der Waals surface area contributed by atoms with Gasteiger partial charge in [-0.3, -0.25) is 5.10 Å². The van der Waals surface area contributed by atoms with Gasteiger partial charge in [0.05, 0.1) is 5.60 Å². The van der Waals surface area contributed by atoms with E-state index in [4.69, 9.17) is 4.65 Å². The number of nitrogens with zero attached hydrogens (tertiary/aromatic N) is 1. The molecule has 3 nitrogen and oxygen atoms in total. The average molecular weight is 194 g/mol. The molecule has 0 aliphatic carbocycles. The maximum atomic E-state index is 5.88. The summed E-state index contributed by atoms with van der Waals surface area (Å²) < 4.78 is 5.88. The van der Waals surface area contributed by atoms with E-state index in [1.807, 2.05) is 6.20 Å². The van der Waals surface area contributed by atoms with E-state index in [0.717, 1.165) is 5.46 Å². The molecule has 0 atom stereocenters. The number of nitrogens with one attached hydrogen (secondary N) is 1. The molecule has 0 aromatic carbocycles. The molecule has 4 heteroatoms. The molecule has 0 radical (unpaired) electrons. The molecule has 1 aromatic rings. The Bertz CT molecular complexity index is 275. The van der Waals surface area contributed by atoms with E-state index >= 15 is 0 Å². The van der Waals surface area contributed by atoms with Crippen LogP contribution in [0.25, 0.3) is 0 Å². The van der Waals surface area contributed by atoms with E-state index in [-0.39, 0.29) is 11.0 Å². The molecular formula is C10H19BN2O. The van der Waals surface area contributed by atoms with Crippen molar-refractivity contribution in [2.75, 3.05) is 0 Å². The second-order valence-electron chi connectivity index (χ2n) is 5.16. The highest BCUT2D eigenvalue weighted by Crippen LogP contribution is 2.32. The molecule has 0 bridgehead atoms. The smallest absolute Gasteiger partial charge is 0.312 e. The van der Waals surface area contributed by atoms with Gasteiger partial charge in [0, 0.05) is 12.4 Å². The fourth-order valence-corrected chi connectivity index (χ4v) is 0.837. The molecular weight excluding hydrogens is 175 g/mol. The minimum atomic E-state index is -0.135. The molecule has 0 aliphatic heterocycles. The zero-order valence-electron chi connectivity index (χ0n) is 9.72. The standard InChI is InChI=1S/C10H19BN2O/c1-9(2,3)10(4,5)14-11-8-6-12-13-7-8/h6-7,11H,1-5H3,(H,12,13). The lowest BCUT2D eigenvalue weighted by Gasteiger charge is -2.39. The van der Waals surface area contributed by atoms with Gasteiger partial charge in [0.15, 0.2) is 0 Å². The summed E-state index contributed by atoms with van der Waals surface area (Å²) in [7, 11) is 0.612. The molecule has 1 N–H and O–H groups in total. The van der Waals surface area contributed by atoms with Crippen molar-refractivity contribution in [2.24, 2.45) is 5.41 Å². The fourth-order valence-electron chi connectivity index (χ4n) is 0.837. The zero-order valence-corrected chi connectivity index (χ0v) is 9.72.